The highest BCUT2D eigenvalue weighted by molar-refractivity contribution is 5.94. The first-order valence-corrected chi connectivity index (χ1v) is 10.3. The fourth-order valence-corrected chi connectivity index (χ4v) is 4.93. The minimum absolute atomic E-state index is 0.0144. The van der Waals surface area contributed by atoms with Gasteiger partial charge in [0, 0.05) is 24.8 Å². The van der Waals surface area contributed by atoms with Crippen LogP contribution in [0.1, 0.15) is 61.0 Å². The van der Waals surface area contributed by atoms with Crippen molar-refractivity contribution < 1.29 is 4.79 Å². The number of nitrogens with zero attached hydrogens (tertiary/aromatic N) is 2. The molecule has 2 aliphatic heterocycles. The average molecular weight is 380 g/mol. The van der Waals surface area contributed by atoms with Crippen molar-refractivity contribution in [3.63, 3.8) is 0 Å². The van der Waals surface area contributed by atoms with E-state index in [0.29, 0.717) is 5.56 Å². The van der Waals surface area contributed by atoms with E-state index < -0.39 is 0 Å². The van der Waals surface area contributed by atoms with Gasteiger partial charge in [0.2, 0.25) is 5.56 Å². The second-order valence-corrected chi connectivity index (χ2v) is 8.42. The Balaban J connectivity index is 1.77. The highest BCUT2D eigenvalue weighted by Gasteiger charge is 2.51. The topological polar surface area (TPSA) is 54.3 Å². The summed E-state index contributed by atoms with van der Waals surface area (Å²) in [4.78, 5) is 27.6. The van der Waals surface area contributed by atoms with Gasteiger partial charge in [-0.3, -0.25) is 9.59 Å². The second-order valence-electron chi connectivity index (χ2n) is 8.42. The van der Waals surface area contributed by atoms with Gasteiger partial charge in [-0.1, -0.05) is 43.2 Å². The standard InChI is InChI=1S/C23H29N3O2/c1-23-15-19(17-9-5-3-6-10-17)26(20(23)11-7-4-8-14-24-23)22(28)18-12-13-21(27)25(2)16-18/h3,5-6,9-10,12-13,16,19-20,24H,4,7-8,11,14-15H2,1-2H3/t19-,20-,23-/m0/s1. The third-order valence-electron chi connectivity index (χ3n) is 6.46. The molecule has 148 valence electrons. The molecule has 2 fully saturated rings. The summed E-state index contributed by atoms with van der Waals surface area (Å²) in [7, 11) is 1.69. The van der Waals surface area contributed by atoms with Gasteiger partial charge < -0.3 is 14.8 Å². The van der Waals surface area contributed by atoms with Crippen molar-refractivity contribution in [3.05, 3.63) is 70.1 Å². The summed E-state index contributed by atoms with van der Waals surface area (Å²) < 4.78 is 1.48. The van der Waals surface area contributed by atoms with Crippen molar-refractivity contribution >= 4 is 5.91 Å². The van der Waals surface area contributed by atoms with Crippen LogP contribution in [0, 0.1) is 0 Å². The molecule has 28 heavy (non-hydrogen) atoms. The Morgan fingerprint density at radius 2 is 1.89 bits per heavy atom. The summed E-state index contributed by atoms with van der Waals surface area (Å²) in [5.74, 6) is 0.0144. The minimum Gasteiger partial charge on any atom is -0.327 e. The van der Waals surface area contributed by atoms with Crippen LogP contribution in [0.3, 0.4) is 0 Å². The minimum atomic E-state index is -0.102. The van der Waals surface area contributed by atoms with E-state index in [1.807, 2.05) is 18.2 Å². The third-order valence-corrected chi connectivity index (χ3v) is 6.46. The third kappa shape index (κ3) is 3.39. The lowest BCUT2D eigenvalue weighted by molar-refractivity contribution is 0.0611. The maximum atomic E-state index is 13.7. The van der Waals surface area contributed by atoms with E-state index in [-0.39, 0.29) is 29.1 Å². The molecule has 5 heteroatoms. The van der Waals surface area contributed by atoms with Crippen LogP contribution in [0.15, 0.2) is 53.5 Å². The number of carbonyl (C=O) groups is 1. The van der Waals surface area contributed by atoms with Crippen LogP contribution < -0.4 is 10.9 Å². The molecule has 0 bridgehead atoms. The molecule has 2 aliphatic rings. The van der Waals surface area contributed by atoms with E-state index in [9.17, 15) is 9.59 Å². The first-order valence-electron chi connectivity index (χ1n) is 10.3. The van der Waals surface area contributed by atoms with Gasteiger partial charge >= 0.3 is 0 Å². The Morgan fingerprint density at radius 1 is 1.11 bits per heavy atom. The van der Waals surface area contributed by atoms with Gasteiger partial charge in [-0.25, -0.2) is 0 Å². The fraction of sp³-hybridized carbons (Fsp3) is 0.478. The lowest BCUT2D eigenvalue weighted by atomic mass is 9.85. The van der Waals surface area contributed by atoms with Crippen molar-refractivity contribution in [1.29, 1.82) is 0 Å². The van der Waals surface area contributed by atoms with Crippen LogP contribution in [0.25, 0.3) is 0 Å². The predicted octanol–water partition coefficient (Wildman–Crippen LogP) is 3.26. The van der Waals surface area contributed by atoms with Crippen LogP contribution in [0.2, 0.25) is 0 Å². The number of amides is 1. The lowest BCUT2D eigenvalue weighted by Gasteiger charge is -2.38. The molecule has 3 atom stereocenters. The highest BCUT2D eigenvalue weighted by atomic mass is 16.2. The smallest absolute Gasteiger partial charge is 0.256 e. The zero-order valence-corrected chi connectivity index (χ0v) is 16.7. The number of pyridine rings is 1. The number of carbonyl (C=O) groups excluding carboxylic acids is 1. The molecule has 3 heterocycles. The zero-order valence-electron chi connectivity index (χ0n) is 16.7. The molecule has 0 radical (unpaired) electrons. The first-order chi connectivity index (χ1) is 13.5. The molecule has 2 aromatic rings. The van der Waals surface area contributed by atoms with Crippen molar-refractivity contribution in [1.82, 2.24) is 14.8 Å². The number of rotatable bonds is 2. The normalized spacial score (nSPS) is 27.7. The van der Waals surface area contributed by atoms with E-state index in [1.165, 1.54) is 29.0 Å². The number of hydrogen-bond acceptors (Lipinski definition) is 3. The SMILES string of the molecule is Cn1cc(C(=O)N2[C@H]3CCCCCN[C@@]3(C)C[C@H]2c2ccccc2)ccc1=O. The molecular formula is C23H29N3O2. The molecule has 1 N–H and O–H groups in total. The maximum absolute atomic E-state index is 13.7. The monoisotopic (exact) mass is 379 g/mol. The van der Waals surface area contributed by atoms with Crippen LogP contribution in [-0.4, -0.2) is 33.5 Å². The van der Waals surface area contributed by atoms with E-state index in [2.05, 4.69) is 29.3 Å². The molecule has 0 aliphatic carbocycles. The van der Waals surface area contributed by atoms with E-state index in [0.717, 1.165) is 25.8 Å². The van der Waals surface area contributed by atoms with Crippen LogP contribution in [0.5, 0.6) is 0 Å². The van der Waals surface area contributed by atoms with E-state index >= 15 is 0 Å². The summed E-state index contributed by atoms with van der Waals surface area (Å²) in [5, 5.41) is 3.77. The largest absolute Gasteiger partial charge is 0.327 e. The van der Waals surface area contributed by atoms with Gasteiger partial charge in [0.15, 0.2) is 0 Å². The molecular weight excluding hydrogens is 350 g/mol. The molecule has 2 saturated heterocycles. The molecule has 1 amide bonds. The molecule has 5 nitrogen and oxygen atoms in total. The number of hydrogen-bond donors (Lipinski definition) is 1. The summed E-state index contributed by atoms with van der Waals surface area (Å²) in [6.07, 6.45) is 7.09. The number of nitrogens with one attached hydrogen (secondary N) is 1. The Morgan fingerprint density at radius 3 is 2.64 bits per heavy atom. The van der Waals surface area contributed by atoms with Crippen molar-refractivity contribution in [2.75, 3.05) is 6.54 Å². The van der Waals surface area contributed by atoms with Crippen molar-refractivity contribution in [3.8, 4) is 0 Å². The molecule has 1 aromatic carbocycles. The molecule has 0 spiro atoms. The number of aryl methyl sites for hydroxylation is 1. The fourth-order valence-electron chi connectivity index (χ4n) is 4.93. The Hall–Kier alpha value is -2.40. The zero-order chi connectivity index (χ0) is 19.7. The number of likely N-dealkylation sites (tertiary alicyclic amines) is 1. The van der Waals surface area contributed by atoms with Gasteiger partial charge in [0.1, 0.15) is 0 Å². The van der Waals surface area contributed by atoms with Crippen LogP contribution >= 0.6 is 0 Å². The quantitative estimate of drug-likeness (QED) is 0.871. The second kappa shape index (κ2) is 7.55. The van der Waals surface area contributed by atoms with E-state index in [4.69, 9.17) is 0 Å². The summed E-state index contributed by atoms with van der Waals surface area (Å²) >= 11 is 0. The maximum Gasteiger partial charge on any atom is 0.256 e. The van der Waals surface area contributed by atoms with Crippen LogP contribution in [-0.2, 0) is 7.05 Å². The summed E-state index contributed by atoms with van der Waals surface area (Å²) in [6, 6.07) is 13.7. The Bertz CT molecular complexity index is 908. The van der Waals surface area contributed by atoms with E-state index in [1.54, 1.807) is 19.3 Å². The van der Waals surface area contributed by atoms with Crippen molar-refractivity contribution in [2.45, 2.75) is 56.7 Å². The van der Waals surface area contributed by atoms with Gasteiger partial charge in [0.25, 0.3) is 5.91 Å². The molecule has 0 saturated carbocycles. The molecule has 1 aromatic heterocycles. The lowest BCUT2D eigenvalue weighted by Crippen LogP contribution is -2.54. The number of aromatic nitrogens is 1. The van der Waals surface area contributed by atoms with Gasteiger partial charge in [-0.2, -0.15) is 0 Å². The molecule has 4 rings (SSSR count). The Labute approximate surface area is 166 Å². The molecule has 0 unspecified atom stereocenters. The van der Waals surface area contributed by atoms with Gasteiger partial charge in [-0.05, 0) is 44.4 Å². The number of benzene rings is 1. The van der Waals surface area contributed by atoms with Crippen LogP contribution in [0.4, 0.5) is 0 Å². The van der Waals surface area contributed by atoms with Crippen molar-refractivity contribution in [2.24, 2.45) is 7.05 Å². The Kier molecular flexibility index (Phi) is 5.11. The predicted molar refractivity (Wildman–Crippen MR) is 110 cm³/mol. The van der Waals surface area contributed by atoms with Gasteiger partial charge in [-0.15, -0.1) is 0 Å². The summed E-state index contributed by atoms with van der Waals surface area (Å²) in [5.41, 5.74) is 1.55. The highest BCUT2D eigenvalue weighted by Crippen LogP contribution is 2.45. The number of fused-ring (bicyclic) bond motifs is 1. The summed E-state index contributed by atoms with van der Waals surface area (Å²) in [6.45, 7) is 3.27. The average Bonchev–Trinajstić information content (AvgIpc) is 2.96. The first kappa shape index (κ1) is 18.9. The van der Waals surface area contributed by atoms with Gasteiger partial charge in [0.05, 0.1) is 17.6 Å².